The fourth-order valence-electron chi connectivity index (χ4n) is 2.43. The van der Waals surface area contributed by atoms with Gasteiger partial charge in [-0.2, -0.15) is 4.98 Å². The van der Waals surface area contributed by atoms with Crippen molar-refractivity contribution in [2.75, 3.05) is 17.6 Å². The van der Waals surface area contributed by atoms with E-state index < -0.39 is 0 Å². The summed E-state index contributed by atoms with van der Waals surface area (Å²) in [5.41, 5.74) is 9.31. The molecule has 4 nitrogen and oxygen atoms in total. The first-order valence-electron chi connectivity index (χ1n) is 7.04. The second kappa shape index (κ2) is 5.79. The minimum atomic E-state index is 0.528. The second-order valence-corrected chi connectivity index (χ2v) is 5.06. The van der Waals surface area contributed by atoms with Crippen molar-refractivity contribution in [2.45, 2.75) is 13.3 Å². The summed E-state index contributed by atoms with van der Waals surface area (Å²) in [4.78, 5) is 8.87. The van der Waals surface area contributed by atoms with Gasteiger partial charge in [0, 0.05) is 11.9 Å². The summed E-state index contributed by atoms with van der Waals surface area (Å²) in [6, 6.07) is 16.3. The Kier molecular flexibility index (Phi) is 3.69. The predicted molar refractivity (Wildman–Crippen MR) is 87.3 cm³/mol. The van der Waals surface area contributed by atoms with Crippen LogP contribution in [0.1, 0.15) is 11.1 Å². The highest BCUT2D eigenvalue weighted by Crippen LogP contribution is 2.22. The third-order valence-corrected chi connectivity index (χ3v) is 3.50. The van der Waals surface area contributed by atoms with Crippen LogP contribution in [0.3, 0.4) is 0 Å². The largest absolute Gasteiger partial charge is 0.383 e. The molecule has 3 rings (SSSR count). The van der Waals surface area contributed by atoms with E-state index in [4.69, 9.17) is 5.73 Å². The van der Waals surface area contributed by atoms with E-state index >= 15 is 0 Å². The van der Waals surface area contributed by atoms with Crippen LogP contribution >= 0.6 is 0 Å². The maximum atomic E-state index is 6.05. The number of nitrogen functional groups attached to an aromatic ring is 1. The van der Waals surface area contributed by atoms with Crippen LogP contribution in [-0.4, -0.2) is 16.5 Å². The van der Waals surface area contributed by atoms with Crippen molar-refractivity contribution < 1.29 is 0 Å². The Labute approximate surface area is 124 Å². The molecule has 106 valence electrons. The first kappa shape index (κ1) is 13.4. The Balaban J connectivity index is 1.76. The van der Waals surface area contributed by atoms with Crippen LogP contribution in [0.25, 0.3) is 10.9 Å². The number of hydrogen-bond acceptors (Lipinski definition) is 4. The molecule has 0 radical (unpaired) electrons. The van der Waals surface area contributed by atoms with Gasteiger partial charge >= 0.3 is 0 Å². The molecule has 0 aliphatic heterocycles. The third-order valence-electron chi connectivity index (χ3n) is 3.50. The second-order valence-electron chi connectivity index (χ2n) is 5.06. The fraction of sp³-hybridized carbons (Fsp3) is 0.176. The molecule has 0 unspecified atom stereocenters. The average Bonchev–Trinajstić information content (AvgIpc) is 2.48. The van der Waals surface area contributed by atoms with Gasteiger partial charge < -0.3 is 11.1 Å². The standard InChI is InChI=1S/C17H18N4/c1-12-6-5-9-14-15(12)16(18)21-17(20-14)19-11-10-13-7-3-2-4-8-13/h2-9H,10-11H2,1H3,(H3,18,19,20,21). The van der Waals surface area contributed by atoms with Gasteiger partial charge in [-0.3, -0.25) is 0 Å². The molecule has 21 heavy (non-hydrogen) atoms. The van der Waals surface area contributed by atoms with E-state index in [1.165, 1.54) is 5.56 Å². The molecule has 0 saturated heterocycles. The van der Waals surface area contributed by atoms with Crippen molar-refractivity contribution in [2.24, 2.45) is 0 Å². The van der Waals surface area contributed by atoms with Crippen molar-refractivity contribution >= 4 is 22.7 Å². The number of nitrogens with zero attached hydrogens (tertiary/aromatic N) is 2. The van der Waals surface area contributed by atoms with Crippen LogP contribution < -0.4 is 11.1 Å². The third kappa shape index (κ3) is 2.94. The van der Waals surface area contributed by atoms with Crippen molar-refractivity contribution in [3.63, 3.8) is 0 Å². The van der Waals surface area contributed by atoms with Crippen LogP contribution in [0.4, 0.5) is 11.8 Å². The number of aromatic nitrogens is 2. The quantitative estimate of drug-likeness (QED) is 0.769. The molecule has 0 aliphatic carbocycles. The van der Waals surface area contributed by atoms with E-state index in [-0.39, 0.29) is 0 Å². The molecule has 4 heteroatoms. The number of fused-ring (bicyclic) bond motifs is 1. The molecule has 0 atom stereocenters. The Morgan fingerprint density at radius 2 is 1.81 bits per heavy atom. The average molecular weight is 278 g/mol. The maximum Gasteiger partial charge on any atom is 0.225 e. The minimum absolute atomic E-state index is 0.528. The monoisotopic (exact) mass is 278 g/mol. The summed E-state index contributed by atoms with van der Waals surface area (Å²) in [6.45, 7) is 2.80. The lowest BCUT2D eigenvalue weighted by Gasteiger charge is -2.09. The molecule has 2 aromatic carbocycles. The Morgan fingerprint density at radius 3 is 2.62 bits per heavy atom. The van der Waals surface area contributed by atoms with Gasteiger partial charge in [-0.1, -0.05) is 42.5 Å². The van der Waals surface area contributed by atoms with Gasteiger partial charge in [-0.25, -0.2) is 4.98 Å². The highest BCUT2D eigenvalue weighted by molar-refractivity contribution is 5.91. The van der Waals surface area contributed by atoms with Crippen LogP contribution in [-0.2, 0) is 6.42 Å². The molecular formula is C17H18N4. The normalized spacial score (nSPS) is 10.7. The van der Waals surface area contributed by atoms with Crippen molar-refractivity contribution in [1.29, 1.82) is 0 Å². The van der Waals surface area contributed by atoms with Gasteiger partial charge in [0.1, 0.15) is 5.82 Å². The van der Waals surface area contributed by atoms with Gasteiger partial charge in [0.15, 0.2) is 0 Å². The number of rotatable bonds is 4. The lowest BCUT2D eigenvalue weighted by Crippen LogP contribution is -2.09. The predicted octanol–water partition coefficient (Wildman–Crippen LogP) is 3.18. The summed E-state index contributed by atoms with van der Waals surface area (Å²) in [6.07, 6.45) is 0.927. The van der Waals surface area contributed by atoms with Crippen molar-refractivity contribution in [1.82, 2.24) is 9.97 Å². The zero-order valence-electron chi connectivity index (χ0n) is 12.0. The van der Waals surface area contributed by atoms with Crippen molar-refractivity contribution in [3.05, 3.63) is 59.7 Å². The zero-order chi connectivity index (χ0) is 14.7. The molecule has 3 N–H and O–H groups in total. The van der Waals surface area contributed by atoms with Crippen LogP contribution in [0.2, 0.25) is 0 Å². The summed E-state index contributed by atoms with van der Waals surface area (Å²) in [5.74, 6) is 1.11. The minimum Gasteiger partial charge on any atom is -0.383 e. The first-order chi connectivity index (χ1) is 10.2. The van der Waals surface area contributed by atoms with E-state index in [0.717, 1.165) is 29.4 Å². The van der Waals surface area contributed by atoms with Crippen LogP contribution in [0, 0.1) is 6.92 Å². The Bertz CT molecular complexity index is 753. The number of benzene rings is 2. The van der Waals surface area contributed by atoms with Gasteiger partial charge in [-0.15, -0.1) is 0 Å². The summed E-state index contributed by atoms with van der Waals surface area (Å²) in [5, 5.41) is 4.18. The maximum absolute atomic E-state index is 6.05. The van der Waals surface area contributed by atoms with Crippen LogP contribution in [0.15, 0.2) is 48.5 Å². The molecular weight excluding hydrogens is 260 g/mol. The van der Waals surface area contributed by atoms with Gasteiger partial charge in [-0.05, 0) is 30.5 Å². The topological polar surface area (TPSA) is 63.8 Å². The van der Waals surface area contributed by atoms with E-state index in [9.17, 15) is 0 Å². The van der Waals surface area contributed by atoms with E-state index in [2.05, 4.69) is 27.4 Å². The van der Waals surface area contributed by atoms with Gasteiger partial charge in [0.25, 0.3) is 0 Å². The molecule has 1 heterocycles. The Morgan fingerprint density at radius 1 is 1.00 bits per heavy atom. The molecule has 0 spiro atoms. The number of nitrogens with one attached hydrogen (secondary N) is 1. The molecule has 0 aliphatic rings. The highest BCUT2D eigenvalue weighted by Gasteiger charge is 2.06. The lowest BCUT2D eigenvalue weighted by molar-refractivity contribution is 0.992. The molecule has 0 saturated carbocycles. The SMILES string of the molecule is Cc1cccc2nc(NCCc3ccccc3)nc(N)c12. The fourth-order valence-corrected chi connectivity index (χ4v) is 2.43. The van der Waals surface area contributed by atoms with E-state index in [1.54, 1.807) is 0 Å². The highest BCUT2D eigenvalue weighted by atomic mass is 15.1. The van der Waals surface area contributed by atoms with E-state index in [1.807, 2.05) is 43.3 Å². The van der Waals surface area contributed by atoms with Crippen LogP contribution in [0.5, 0.6) is 0 Å². The smallest absolute Gasteiger partial charge is 0.225 e. The number of hydrogen-bond donors (Lipinski definition) is 2. The molecule has 3 aromatic rings. The van der Waals surface area contributed by atoms with Gasteiger partial charge in [0.05, 0.1) is 5.52 Å². The molecule has 0 bridgehead atoms. The number of anilines is 2. The zero-order valence-corrected chi connectivity index (χ0v) is 12.0. The molecule has 0 fully saturated rings. The first-order valence-corrected chi connectivity index (χ1v) is 7.04. The molecule has 1 aromatic heterocycles. The summed E-state index contributed by atoms with van der Waals surface area (Å²) in [7, 11) is 0. The summed E-state index contributed by atoms with van der Waals surface area (Å²) >= 11 is 0. The van der Waals surface area contributed by atoms with Gasteiger partial charge in [0.2, 0.25) is 5.95 Å². The number of nitrogens with two attached hydrogens (primary N) is 1. The number of aryl methyl sites for hydroxylation is 1. The molecule has 0 amide bonds. The van der Waals surface area contributed by atoms with E-state index in [0.29, 0.717) is 11.8 Å². The summed E-state index contributed by atoms with van der Waals surface area (Å²) < 4.78 is 0. The van der Waals surface area contributed by atoms with Crippen molar-refractivity contribution in [3.8, 4) is 0 Å². The Hall–Kier alpha value is -2.62. The lowest BCUT2D eigenvalue weighted by atomic mass is 10.1.